The second kappa shape index (κ2) is 7.65. The minimum absolute atomic E-state index is 0.0363. The Balaban J connectivity index is 1.86. The molecule has 1 heterocycles. The van der Waals surface area contributed by atoms with Gasteiger partial charge in [0.2, 0.25) is 0 Å². The Bertz CT molecular complexity index is 564. The number of benzene rings is 1. The molecule has 0 fully saturated rings. The van der Waals surface area contributed by atoms with Crippen molar-refractivity contribution in [2.24, 2.45) is 0 Å². The van der Waals surface area contributed by atoms with E-state index >= 15 is 0 Å². The van der Waals surface area contributed by atoms with E-state index in [4.69, 9.17) is 10.00 Å². The van der Waals surface area contributed by atoms with Crippen LogP contribution in [0, 0.1) is 11.3 Å². The molecule has 1 aromatic heterocycles. The van der Waals surface area contributed by atoms with Crippen LogP contribution in [0.2, 0.25) is 0 Å². The monoisotopic (exact) mass is 288 g/mol. The van der Waals surface area contributed by atoms with E-state index in [9.17, 15) is 5.11 Å². The number of nitriles is 1. The SMILES string of the molecule is N#CCOc1ccccc1CNCC(O)c1ccsc1. The number of thiophene rings is 1. The molecule has 0 aliphatic heterocycles. The lowest BCUT2D eigenvalue weighted by atomic mass is 10.1. The maximum absolute atomic E-state index is 9.97. The molecule has 0 amide bonds. The van der Waals surface area contributed by atoms with Gasteiger partial charge in [-0.3, -0.25) is 0 Å². The van der Waals surface area contributed by atoms with E-state index in [-0.39, 0.29) is 6.61 Å². The van der Waals surface area contributed by atoms with Gasteiger partial charge in [-0.2, -0.15) is 16.6 Å². The molecule has 4 nitrogen and oxygen atoms in total. The summed E-state index contributed by atoms with van der Waals surface area (Å²) in [6.07, 6.45) is -0.506. The van der Waals surface area contributed by atoms with Crippen LogP contribution >= 0.6 is 11.3 Å². The Kier molecular flexibility index (Phi) is 5.56. The van der Waals surface area contributed by atoms with E-state index in [1.807, 2.05) is 47.2 Å². The highest BCUT2D eigenvalue weighted by molar-refractivity contribution is 7.07. The second-order valence-electron chi connectivity index (χ2n) is 4.26. The maximum atomic E-state index is 9.97. The second-order valence-corrected chi connectivity index (χ2v) is 5.04. The van der Waals surface area contributed by atoms with Gasteiger partial charge in [-0.05, 0) is 28.5 Å². The molecule has 1 unspecified atom stereocenters. The van der Waals surface area contributed by atoms with Crippen LogP contribution in [0.15, 0.2) is 41.1 Å². The summed E-state index contributed by atoms with van der Waals surface area (Å²) in [5.74, 6) is 0.701. The van der Waals surface area contributed by atoms with Gasteiger partial charge in [0.15, 0.2) is 6.61 Å². The zero-order chi connectivity index (χ0) is 14.2. The summed E-state index contributed by atoms with van der Waals surface area (Å²) >= 11 is 1.57. The lowest BCUT2D eigenvalue weighted by Crippen LogP contribution is -2.21. The van der Waals surface area contributed by atoms with Gasteiger partial charge in [-0.15, -0.1) is 0 Å². The number of rotatable bonds is 7. The van der Waals surface area contributed by atoms with Crippen LogP contribution in [0.5, 0.6) is 5.75 Å². The van der Waals surface area contributed by atoms with Crippen LogP contribution in [0.3, 0.4) is 0 Å². The zero-order valence-corrected chi connectivity index (χ0v) is 11.8. The highest BCUT2D eigenvalue weighted by atomic mass is 32.1. The molecule has 104 valence electrons. The molecule has 1 atom stereocenters. The average Bonchev–Trinajstić information content (AvgIpc) is 3.00. The van der Waals surface area contributed by atoms with Crippen molar-refractivity contribution in [3.63, 3.8) is 0 Å². The van der Waals surface area contributed by atoms with Crippen molar-refractivity contribution < 1.29 is 9.84 Å². The van der Waals surface area contributed by atoms with Crippen LogP contribution in [0.1, 0.15) is 17.2 Å². The van der Waals surface area contributed by atoms with E-state index in [0.717, 1.165) is 11.1 Å². The third kappa shape index (κ3) is 4.07. The fraction of sp³-hybridized carbons (Fsp3) is 0.267. The summed E-state index contributed by atoms with van der Waals surface area (Å²) in [5, 5.41) is 25.6. The molecule has 5 heteroatoms. The smallest absolute Gasteiger partial charge is 0.174 e. The van der Waals surface area contributed by atoms with Gasteiger partial charge in [0.1, 0.15) is 11.8 Å². The van der Waals surface area contributed by atoms with Crippen molar-refractivity contribution in [2.45, 2.75) is 12.6 Å². The first-order chi connectivity index (χ1) is 9.81. The number of hydrogen-bond acceptors (Lipinski definition) is 5. The molecular weight excluding hydrogens is 272 g/mol. The minimum Gasteiger partial charge on any atom is -0.478 e. The first-order valence-electron chi connectivity index (χ1n) is 6.30. The van der Waals surface area contributed by atoms with Gasteiger partial charge < -0.3 is 15.2 Å². The summed E-state index contributed by atoms with van der Waals surface area (Å²) in [7, 11) is 0. The molecular formula is C15H16N2O2S. The summed E-state index contributed by atoms with van der Waals surface area (Å²) in [4.78, 5) is 0. The number of nitrogens with zero attached hydrogens (tertiary/aromatic N) is 1. The molecule has 20 heavy (non-hydrogen) atoms. The largest absolute Gasteiger partial charge is 0.478 e. The predicted octanol–water partition coefficient (Wildman–Crippen LogP) is 2.47. The topological polar surface area (TPSA) is 65.3 Å². The number of hydrogen-bond donors (Lipinski definition) is 2. The number of ether oxygens (including phenoxy) is 1. The Morgan fingerprint density at radius 2 is 2.20 bits per heavy atom. The molecule has 0 aliphatic carbocycles. The fourth-order valence-corrected chi connectivity index (χ4v) is 2.53. The third-order valence-corrected chi connectivity index (χ3v) is 3.55. The summed E-state index contributed by atoms with van der Waals surface area (Å²) in [6, 6.07) is 11.4. The van der Waals surface area contributed by atoms with E-state index in [1.54, 1.807) is 11.3 Å². The fourth-order valence-electron chi connectivity index (χ4n) is 1.83. The van der Waals surface area contributed by atoms with Crippen LogP contribution in [-0.2, 0) is 6.54 Å². The van der Waals surface area contributed by atoms with Crippen molar-refractivity contribution in [3.05, 3.63) is 52.2 Å². The highest BCUT2D eigenvalue weighted by Gasteiger charge is 2.08. The Morgan fingerprint density at radius 1 is 1.35 bits per heavy atom. The normalized spacial score (nSPS) is 11.8. The van der Waals surface area contributed by atoms with E-state index in [1.165, 1.54) is 0 Å². The van der Waals surface area contributed by atoms with E-state index in [2.05, 4.69) is 5.32 Å². The summed E-state index contributed by atoms with van der Waals surface area (Å²) in [6.45, 7) is 1.10. The van der Waals surface area contributed by atoms with Crippen molar-refractivity contribution in [1.29, 1.82) is 5.26 Å². The highest BCUT2D eigenvalue weighted by Crippen LogP contribution is 2.18. The number of aliphatic hydroxyl groups excluding tert-OH is 1. The third-order valence-electron chi connectivity index (χ3n) is 2.85. The molecule has 0 saturated carbocycles. The molecule has 2 rings (SSSR count). The lowest BCUT2D eigenvalue weighted by Gasteiger charge is -2.13. The van der Waals surface area contributed by atoms with Crippen molar-refractivity contribution in [3.8, 4) is 11.8 Å². The van der Waals surface area contributed by atoms with Crippen LogP contribution < -0.4 is 10.1 Å². The molecule has 0 spiro atoms. The van der Waals surface area contributed by atoms with E-state index < -0.39 is 6.10 Å². The van der Waals surface area contributed by atoms with Crippen molar-refractivity contribution >= 4 is 11.3 Å². The lowest BCUT2D eigenvalue weighted by molar-refractivity contribution is 0.174. The number of aliphatic hydroxyl groups is 1. The molecule has 2 aromatic rings. The molecule has 0 radical (unpaired) electrons. The Labute approximate surface area is 122 Å². The Morgan fingerprint density at radius 3 is 2.95 bits per heavy atom. The number of nitrogens with one attached hydrogen (secondary N) is 1. The zero-order valence-electron chi connectivity index (χ0n) is 11.0. The van der Waals surface area contributed by atoms with Crippen molar-refractivity contribution in [1.82, 2.24) is 5.32 Å². The molecule has 2 N–H and O–H groups in total. The van der Waals surface area contributed by atoms with Crippen LogP contribution in [0.4, 0.5) is 0 Å². The molecule has 0 saturated heterocycles. The Hall–Kier alpha value is -1.87. The van der Waals surface area contributed by atoms with Crippen molar-refractivity contribution in [2.75, 3.05) is 13.2 Å². The van der Waals surface area contributed by atoms with Crippen LogP contribution in [0.25, 0.3) is 0 Å². The van der Waals surface area contributed by atoms with Crippen LogP contribution in [-0.4, -0.2) is 18.3 Å². The average molecular weight is 288 g/mol. The quantitative estimate of drug-likeness (QED) is 0.821. The summed E-state index contributed by atoms with van der Waals surface area (Å²) in [5.41, 5.74) is 1.90. The van der Waals surface area contributed by atoms with Gasteiger partial charge in [0.05, 0.1) is 6.10 Å². The first-order valence-corrected chi connectivity index (χ1v) is 7.24. The van der Waals surface area contributed by atoms with Gasteiger partial charge in [0, 0.05) is 18.7 Å². The molecule has 1 aromatic carbocycles. The van der Waals surface area contributed by atoms with Gasteiger partial charge in [0.25, 0.3) is 0 Å². The van der Waals surface area contributed by atoms with E-state index in [0.29, 0.717) is 18.8 Å². The first kappa shape index (κ1) is 14.5. The van der Waals surface area contributed by atoms with Gasteiger partial charge in [-0.25, -0.2) is 0 Å². The van der Waals surface area contributed by atoms with Gasteiger partial charge >= 0.3 is 0 Å². The molecule has 0 bridgehead atoms. The van der Waals surface area contributed by atoms with Gasteiger partial charge in [-0.1, -0.05) is 18.2 Å². The predicted molar refractivity (Wildman–Crippen MR) is 78.5 cm³/mol. The standard InChI is InChI=1S/C15H16N2O2S/c16-6-7-19-15-4-2-1-3-12(15)9-17-10-14(18)13-5-8-20-11-13/h1-5,8,11,14,17-18H,7,9-10H2. The maximum Gasteiger partial charge on any atom is 0.174 e. The summed E-state index contributed by atoms with van der Waals surface area (Å²) < 4.78 is 5.35. The molecule has 0 aliphatic rings. The number of para-hydroxylation sites is 1. The minimum atomic E-state index is -0.506.